The second-order valence-electron chi connectivity index (χ2n) is 5.89. The van der Waals surface area contributed by atoms with E-state index >= 15 is 0 Å². The van der Waals surface area contributed by atoms with Gasteiger partial charge >= 0.3 is 6.18 Å². The summed E-state index contributed by atoms with van der Waals surface area (Å²) in [6, 6.07) is 10.9. The Hall–Kier alpha value is -2.43. The van der Waals surface area contributed by atoms with Crippen LogP contribution in [0.2, 0.25) is 0 Å². The number of hydrogen-bond donors (Lipinski definition) is 0. The molecule has 0 atom stereocenters. The Balaban J connectivity index is 2.58. The van der Waals surface area contributed by atoms with Crippen molar-refractivity contribution in [3.8, 4) is 0 Å². The van der Waals surface area contributed by atoms with Crippen LogP contribution in [0.1, 0.15) is 52.6 Å². The highest BCUT2D eigenvalue weighted by Gasteiger charge is 2.53. The highest BCUT2D eigenvalue weighted by Crippen LogP contribution is 2.46. The lowest BCUT2D eigenvalue weighted by molar-refractivity contribution is -0.173. The Morgan fingerprint density at radius 2 is 1.00 bits per heavy atom. The number of alkyl halides is 3. The third kappa shape index (κ3) is 3.11. The second-order valence-corrected chi connectivity index (χ2v) is 5.89. The summed E-state index contributed by atoms with van der Waals surface area (Å²) in [5.74, 6) is -0.415. The lowest BCUT2D eigenvalue weighted by Crippen LogP contribution is -2.40. The van der Waals surface area contributed by atoms with Gasteiger partial charge in [-0.2, -0.15) is 13.2 Å². The Labute approximate surface area is 138 Å². The van der Waals surface area contributed by atoms with E-state index in [1.165, 1.54) is 62.4 Å². The Morgan fingerprint density at radius 1 is 0.708 bits per heavy atom. The number of rotatable bonds is 4. The molecule has 0 aliphatic carbocycles. The van der Waals surface area contributed by atoms with Gasteiger partial charge in [0.05, 0.1) is 0 Å². The van der Waals surface area contributed by atoms with Gasteiger partial charge in [-0.25, -0.2) is 0 Å². The third-order valence-corrected chi connectivity index (χ3v) is 4.30. The van der Waals surface area contributed by atoms with E-state index in [1.807, 2.05) is 0 Å². The average molecular weight is 334 g/mol. The molecule has 2 aromatic rings. The number of Topliss-reactive ketones (excluding diaryl/α,β-unsaturated/α-hetero) is 2. The zero-order valence-corrected chi connectivity index (χ0v) is 13.6. The van der Waals surface area contributed by atoms with Crippen molar-refractivity contribution in [3.63, 3.8) is 0 Å². The monoisotopic (exact) mass is 334 g/mol. The van der Waals surface area contributed by atoms with Crippen LogP contribution in [0.5, 0.6) is 0 Å². The Bertz CT molecular complexity index is 699. The fraction of sp³-hybridized carbons (Fsp3) is 0.263. The van der Waals surface area contributed by atoms with Crippen molar-refractivity contribution in [1.29, 1.82) is 0 Å². The minimum atomic E-state index is -4.54. The van der Waals surface area contributed by atoms with Crippen molar-refractivity contribution in [2.24, 2.45) is 0 Å². The predicted molar refractivity (Wildman–Crippen MR) is 85.4 cm³/mol. The first-order valence-corrected chi connectivity index (χ1v) is 7.37. The molecule has 2 nitrogen and oxygen atoms in total. The van der Waals surface area contributed by atoms with E-state index in [9.17, 15) is 22.8 Å². The van der Waals surface area contributed by atoms with Gasteiger partial charge in [0.2, 0.25) is 0 Å². The molecular formula is C19H17F3O2. The molecule has 0 saturated heterocycles. The molecule has 0 unspecified atom stereocenters. The molecule has 5 heteroatoms. The molecule has 0 saturated carbocycles. The van der Waals surface area contributed by atoms with Gasteiger partial charge in [0, 0.05) is 11.1 Å². The minimum absolute atomic E-state index is 0.0376. The van der Waals surface area contributed by atoms with Crippen LogP contribution in [0, 0.1) is 0 Å². The maximum Gasteiger partial charge on any atom is 0.402 e. The van der Waals surface area contributed by atoms with Crippen LogP contribution in [-0.2, 0) is 5.41 Å². The van der Waals surface area contributed by atoms with Gasteiger partial charge in [-0.05, 0) is 31.9 Å². The van der Waals surface area contributed by atoms with Crippen LogP contribution < -0.4 is 0 Å². The maximum absolute atomic E-state index is 13.9. The molecule has 2 rings (SSSR count). The van der Waals surface area contributed by atoms with Crippen molar-refractivity contribution in [2.45, 2.75) is 32.4 Å². The summed E-state index contributed by atoms with van der Waals surface area (Å²) in [6.45, 7) is 3.81. The number of carbonyl (C=O) groups is 2. The summed E-state index contributed by atoms with van der Waals surface area (Å²) in [6.07, 6.45) is -4.54. The fourth-order valence-electron chi connectivity index (χ4n) is 2.57. The van der Waals surface area contributed by atoms with Gasteiger partial charge in [0.15, 0.2) is 11.6 Å². The van der Waals surface area contributed by atoms with Crippen molar-refractivity contribution in [2.75, 3.05) is 0 Å². The molecule has 0 aliphatic rings. The van der Waals surface area contributed by atoms with E-state index in [1.54, 1.807) is 0 Å². The molecule has 0 aliphatic heterocycles. The summed E-state index contributed by atoms with van der Waals surface area (Å²) in [7, 11) is 0. The van der Waals surface area contributed by atoms with E-state index in [4.69, 9.17) is 0 Å². The highest BCUT2D eigenvalue weighted by atomic mass is 19.4. The average Bonchev–Trinajstić information content (AvgIpc) is 2.53. The van der Waals surface area contributed by atoms with Crippen molar-refractivity contribution in [3.05, 3.63) is 70.8 Å². The van der Waals surface area contributed by atoms with Gasteiger partial charge < -0.3 is 0 Å². The number of halogens is 3. The van der Waals surface area contributed by atoms with Crippen molar-refractivity contribution in [1.82, 2.24) is 0 Å². The molecule has 0 amide bonds. The van der Waals surface area contributed by atoms with E-state index < -0.39 is 11.6 Å². The number of hydrogen-bond acceptors (Lipinski definition) is 2. The zero-order chi connectivity index (χ0) is 18.1. The van der Waals surface area contributed by atoms with E-state index in [0.717, 1.165) is 6.92 Å². The molecule has 126 valence electrons. The van der Waals surface area contributed by atoms with Crippen LogP contribution in [0.15, 0.2) is 48.5 Å². The largest absolute Gasteiger partial charge is 0.402 e. The quantitative estimate of drug-likeness (QED) is 0.741. The first-order chi connectivity index (χ1) is 11.1. The number of benzene rings is 2. The van der Waals surface area contributed by atoms with Gasteiger partial charge in [-0.15, -0.1) is 0 Å². The molecule has 0 bridgehead atoms. The molecule has 0 heterocycles. The maximum atomic E-state index is 13.9. The lowest BCUT2D eigenvalue weighted by Gasteiger charge is -2.33. The van der Waals surface area contributed by atoms with Crippen LogP contribution in [0.3, 0.4) is 0 Å². The summed E-state index contributed by atoms with van der Waals surface area (Å²) in [4.78, 5) is 22.6. The second kappa shape index (κ2) is 6.23. The van der Waals surface area contributed by atoms with Gasteiger partial charge in [0.25, 0.3) is 0 Å². The number of ketones is 2. The predicted octanol–water partition coefficient (Wildman–Crippen LogP) is 4.96. The van der Waals surface area contributed by atoms with E-state index in [2.05, 4.69) is 0 Å². The molecular weight excluding hydrogens is 317 g/mol. The summed E-state index contributed by atoms with van der Waals surface area (Å²) in [5.41, 5.74) is -1.45. The fourth-order valence-corrected chi connectivity index (χ4v) is 2.57. The Kier molecular flexibility index (Phi) is 4.65. The van der Waals surface area contributed by atoms with E-state index in [-0.39, 0.29) is 22.7 Å². The van der Waals surface area contributed by atoms with Gasteiger partial charge in [-0.3, -0.25) is 9.59 Å². The van der Waals surface area contributed by atoms with Gasteiger partial charge in [0.1, 0.15) is 5.41 Å². The molecule has 0 N–H and O–H groups in total. The lowest BCUT2D eigenvalue weighted by atomic mass is 9.75. The third-order valence-electron chi connectivity index (χ3n) is 4.30. The topological polar surface area (TPSA) is 34.1 Å². The normalized spacial score (nSPS) is 12.1. The first kappa shape index (κ1) is 17.9. The number of carbonyl (C=O) groups excluding carboxylic acids is 2. The van der Waals surface area contributed by atoms with Crippen molar-refractivity contribution >= 4 is 11.6 Å². The Morgan fingerprint density at radius 3 is 1.21 bits per heavy atom. The summed E-state index contributed by atoms with van der Waals surface area (Å²) >= 11 is 0. The minimum Gasteiger partial charge on any atom is -0.295 e. The van der Waals surface area contributed by atoms with Gasteiger partial charge in [-0.1, -0.05) is 48.5 Å². The molecule has 0 spiro atoms. The summed E-state index contributed by atoms with van der Waals surface area (Å²) in [5, 5.41) is 0. The first-order valence-electron chi connectivity index (χ1n) is 7.37. The standard InChI is InChI=1S/C19H17F3O2/c1-12(23)14-4-8-16(9-5-14)18(3,19(20,21)22)17-10-6-15(7-11-17)13(2)24/h4-11H,1-3H3. The molecule has 0 fully saturated rings. The van der Waals surface area contributed by atoms with Crippen LogP contribution in [0.4, 0.5) is 13.2 Å². The van der Waals surface area contributed by atoms with Crippen LogP contribution in [0.25, 0.3) is 0 Å². The molecule has 24 heavy (non-hydrogen) atoms. The smallest absolute Gasteiger partial charge is 0.295 e. The van der Waals surface area contributed by atoms with Crippen LogP contribution in [-0.4, -0.2) is 17.7 Å². The molecule has 0 aromatic heterocycles. The molecule has 0 radical (unpaired) electrons. The highest BCUT2D eigenvalue weighted by molar-refractivity contribution is 5.94. The van der Waals surface area contributed by atoms with Crippen molar-refractivity contribution < 1.29 is 22.8 Å². The molecule has 2 aromatic carbocycles. The van der Waals surface area contributed by atoms with E-state index in [0.29, 0.717) is 11.1 Å². The summed E-state index contributed by atoms with van der Waals surface area (Å²) < 4.78 is 41.6. The zero-order valence-electron chi connectivity index (χ0n) is 13.6. The SMILES string of the molecule is CC(=O)c1ccc(C(C)(c2ccc(C(C)=O)cc2)C(F)(F)F)cc1. The van der Waals surface area contributed by atoms with Crippen LogP contribution >= 0.6 is 0 Å².